The molecular weight excluding hydrogens is 348 g/mol. The maximum atomic E-state index is 13.0. The van der Waals surface area contributed by atoms with Crippen molar-refractivity contribution in [2.75, 3.05) is 0 Å². The summed E-state index contributed by atoms with van der Waals surface area (Å²) < 4.78 is 0. The smallest absolute Gasteiger partial charge is 0.214 e. The van der Waals surface area contributed by atoms with Gasteiger partial charge in [-0.1, -0.05) is 84.9 Å². The van der Waals surface area contributed by atoms with Crippen LogP contribution >= 0.6 is 0 Å². The molecule has 0 atom stereocenters. The van der Waals surface area contributed by atoms with Crippen molar-refractivity contribution in [2.45, 2.75) is 0 Å². The number of fused-ring (bicyclic) bond motifs is 2. The highest BCUT2D eigenvalue weighted by Gasteiger charge is 2.33. The standard InChI is InChI=1S/C24H14N2O2/c27-23-17-13-7-8-14-18(17)24(28)22-21(23)25-19(15-9-3-1-4-10-15)20(26-22)16-11-5-2-6-12-16/h1-14H. The van der Waals surface area contributed by atoms with Gasteiger partial charge >= 0.3 is 0 Å². The molecule has 1 aliphatic carbocycles. The third-order valence-corrected chi connectivity index (χ3v) is 4.84. The number of carbonyl (C=O) groups is 2. The van der Waals surface area contributed by atoms with E-state index in [0.29, 0.717) is 22.5 Å². The Morgan fingerprint density at radius 1 is 0.429 bits per heavy atom. The summed E-state index contributed by atoms with van der Waals surface area (Å²) in [6, 6.07) is 26.0. The second kappa shape index (κ2) is 6.35. The van der Waals surface area contributed by atoms with Gasteiger partial charge in [-0.15, -0.1) is 0 Å². The van der Waals surface area contributed by atoms with Crippen molar-refractivity contribution in [3.8, 4) is 22.5 Å². The number of aromatic nitrogens is 2. The van der Waals surface area contributed by atoms with Gasteiger partial charge in [-0.2, -0.15) is 0 Å². The van der Waals surface area contributed by atoms with Gasteiger partial charge in [0.05, 0.1) is 11.4 Å². The fourth-order valence-electron chi connectivity index (χ4n) is 3.48. The molecule has 0 radical (unpaired) electrons. The van der Waals surface area contributed by atoms with E-state index in [1.807, 2.05) is 60.7 Å². The minimum Gasteiger partial charge on any atom is -0.287 e. The lowest BCUT2D eigenvalue weighted by Gasteiger charge is -2.18. The van der Waals surface area contributed by atoms with E-state index in [9.17, 15) is 9.59 Å². The number of ketones is 2. The van der Waals surface area contributed by atoms with Gasteiger partial charge in [-0.3, -0.25) is 9.59 Å². The van der Waals surface area contributed by atoms with Crippen LogP contribution < -0.4 is 0 Å². The number of nitrogens with zero attached hydrogens (tertiary/aromatic N) is 2. The monoisotopic (exact) mass is 362 g/mol. The van der Waals surface area contributed by atoms with Crippen LogP contribution in [0.5, 0.6) is 0 Å². The van der Waals surface area contributed by atoms with E-state index in [4.69, 9.17) is 0 Å². The molecule has 0 unspecified atom stereocenters. The molecular formula is C24H14N2O2. The average molecular weight is 362 g/mol. The van der Waals surface area contributed by atoms with E-state index in [1.165, 1.54) is 0 Å². The molecule has 1 heterocycles. The highest BCUT2D eigenvalue weighted by Crippen LogP contribution is 2.33. The van der Waals surface area contributed by atoms with Crippen molar-refractivity contribution in [2.24, 2.45) is 0 Å². The fraction of sp³-hybridized carbons (Fsp3) is 0. The third-order valence-electron chi connectivity index (χ3n) is 4.84. The zero-order valence-corrected chi connectivity index (χ0v) is 14.8. The van der Waals surface area contributed by atoms with E-state index < -0.39 is 0 Å². The van der Waals surface area contributed by atoms with Crippen LogP contribution in [0, 0.1) is 0 Å². The minimum absolute atomic E-state index is 0.113. The second-order valence-corrected chi connectivity index (χ2v) is 6.55. The number of carbonyl (C=O) groups excluding carboxylic acids is 2. The lowest BCUT2D eigenvalue weighted by Crippen LogP contribution is -2.24. The Bertz CT molecular complexity index is 1130. The summed E-state index contributed by atoms with van der Waals surface area (Å²) in [7, 11) is 0. The molecule has 0 amide bonds. The summed E-state index contributed by atoms with van der Waals surface area (Å²) in [4.78, 5) is 35.4. The molecule has 0 bridgehead atoms. The largest absolute Gasteiger partial charge is 0.287 e. The van der Waals surface area contributed by atoms with E-state index in [2.05, 4.69) is 9.97 Å². The van der Waals surface area contributed by atoms with Crippen molar-refractivity contribution in [3.05, 3.63) is 107 Å². The first-order valence-electron chi connectivity index (χ1n) is 8.95. The van der Waals surface area contributed by atoms with Crippen molar-refractivity contribution < 1.29 is 9.59 Å². The molecule has 28 heavy (non-hydrogen) atoms. The van der Waals surface area contributed by atoms with Crippen LogP contribution in [0.15, 0.2) is 84.9 Å². The molecule has 0 spiro atoms. The lowest BCUT2D eigenvalue weighted by atomic mass is 9.89. The first-order chi connectivity index (χ1) is 13.7. The third kappa shape index (κ3) is 2.47. The van der Waals surface area contributed by atoms with E-state index >= 15 is 0 Å². The van der Waals surface area contributed by atoms with Crippen molar-refractivity contribution in [1.29, 1.82) is 0 Å². The zero-order valence-electron chi connectivity index (χ0n) is 14.8. The Balaban J connectivity index is 1.82. The zero-order chi connectivity index (χ0) is 19.1. The highest BCUT2D eigenvalue weighted by atomic mass is 16.1. The molecule has 0 saturated heterocycles. The molecule has 4 nitrogen and oxygen atoms in total. The second-order valence-electron chi connectivity index (χ2n) is 6.55. The van der Waals surface area contributed by atoms with Crippen molar-refractivity contribution >= 4 is 11.6 Å². The van der Waals surface area contributed by atoms with Crippen molar-refractivity contribution in [1.82, 2.24) is 9.97 Å². The van der Waals surface area contributed by atoms with Crippen LogP contribution in [0.4, 0.5) is 0 Å². The molecule has 3 aromatic carbocycles. The predicted octanol–water partition coefficient (Wildman–Crippen LogP) is 4.59. The van der Waals surface area contributed by atoms with Gasteiger partial charge in [0.2, 0.25) is 11.6 Å². The summed E-state index contributed by atoms with van der Waals surface area (Å²) in [5.41, 5.74) is 3.84. The first-order valence-corrected chi connectivity index (χ1v) is 8.95. The van der Waals surface area contributed by atoms with Crippen LogP contribution in [-0.2, 0) is 0 Å². The van der Waals surface area contributed by atoms with Gasteiger partial charge in [0.25, 0.3) is 0 Å². The molecule has 1 aliphatic rings. The summed E-state index contributed by atoms with van der Waals surface area (Å²) in [5, 5.41) is 0. The molecule has 4 heteroatoms. The van der Waals surface area contributed by atoms with Gasteiger partial charge in [0.1, 0.15) is 11.4 Å². The van der Waals surface area contributed by atoms with Crippen LogP contribution in [0.1, 0.15) is 32.1 Å². The molecule has 0 N–H and O–H groups in total. The predicted molar refractivity (Wildman–Crippen MR) is 106 cm³/mol. The molecule has 132 valence electrons. The van der Waals surface area contributed by atoms with Crippen molar-refractivity contribution in [3.63, 3.8) is 0 Å². The van der Waals surface area contributed by atoms with Gasteiger partial charge < -0.3 is 0 Å². The molecule has 5 rings (SSSR count). The Morgan fingerprint density at radius 3 is 1.18 bits per heavy atom. The van der Waals surface area contributed by atoms with Gasteiger partial charge in [-0.05, 0) is 0 Å². The molecule has 0 fully saturated rings. The summed E-state index contributed by atoms with van der Waals surface area (Å²) >= 11 is 0. The number of hydrogen-bond donors (Lipinski definition) is 0. The van der Waals surface area contributed by atoms with Crippen LogP contribution in [0.3, 0.4) is 0 Å². The maximum absolute atomic E-state index is 13.0. The molecule has 0 aliphatic heterocycles. The van der Waals surface area contributed by atoms with Crippen LogP contribution in [0.2, 0.25) is 0 Å². The Labute approximate surface area is 161 Å². The molecule has 0 saturated carbocycles. The van der Waals surface area contributed by atoms with E-state index in [1.54, 1.807) is 24.3 Å². The minimum atomic E-state index is -0.269. The normalized spacial score (nSPS) is 12.4. The average Bonchev–Trinajstić information content (AvgIpc) is 2.78. The summed E-state index contributed by atoms with van der Waals surface area (Å²) in [6.07, 6.45) is 0. The summed E-state index contributed by atoms with van der Waals surface area (Å²) in [5.74, 6) is -0.538. The van der Waals surface area contributed by atoms with Gasteiger partial charge in [0, 0.05) is 22.3 Å². The van der Waals surface area contributed by atoms with E-state index in [0.717, 1.165) is 11.1 Å². The number of benzene rings is 3. The topological polar surface area (TPSA) is 59.9 Å². The SMILES string of the molecule is O=C1c2ccccc2C(=O)c2nc(-c3ccccc3)c(-c3ccccc3)nc21. The number of rotatable bonds is 2. The van der Waals surface area contributed by atoms with Crippen LogP contribution in [0.25, 0.3) is 22.5 Å². The van der Waals surface area contributed by atoms with Gasteiger partial charge in [0.15, 0.2) is 0 Å². The summed E-state index contributed by atoms with van der Waals surface area (Å²) in [6.45, 7) is 0. The Hall–Kier alpha value is -3.92. The Kier molecular flexibility index (Phi) is 3.69. The molecule has 1 aromatic heterocycles. The van der Waals surface area contributed by atoms with Gasteiger partial charge in [-0.25, -0.2) is 9.97 Å². The lowest BCUT2D eigenvalue weighted by molar-refractivity contribution is 0.0971. The van der Waals surface area contributed by atoms with Crippen LogP contribution in [-0.4, -0.2) is 21.5 Å². The highest BCUT2D eigenvalue weighted by molar-refractivity contribution is 6.27. The molecule has 4 aromatic rings. The Morgan fingerprint density at radius 2 is 0.786 bits per heavy atom. The quantitative estimate of drug-likeness (QED) is 0.461. The van der Waals surface area contributed by atoms with E-state index in [-0.39, 0.29) is 23.0 Å². The fourth-order valence-corrected chi connectivity index (χ4v) is 3.48. The number of hydrogen-bond acceptors (Lipinski definition) is 4. The first kappa shape index (κ1) is 16.3. The maximum Gasteiger partial charge on any atom is 0.214 e.